The van der Waals surface area contributed by atoms with Gasteiger partial charge >= 0.3 is 12.1 Å². The van der Waals surface area contributed by atoms with Crippen molar-refractivity contribution in [3.8, 4) is 5.75 Å². The molecule has 0 bridgehead atoms. The minimum Gasteiger partial charge on any atom is -0.497 e. The van der Waals surface area contributed by atoms with Crippen molar-refractivity contribution in [2.75, 3.05) is 7.11 Å². The van der Waals surface area contributed by atoms with Gasteiger partial charge in [0.05, 0.1) is 7.11 Å². The zero-order valence-corrected chi connectivity index (χ0v) is 12.8. The quantitative estimate of drug-likeness (QED) is 0.865. The van der Waals surface area contributed by atoms with Crippen molar-refractivity contribution in [2.24, 2.45) is 5.92 Å². The molecule has 2 atom stereocenters. The fourth-order valence-electron chi connectivity index (χ4n) is 1.80. The molecule has 22 heavy (non-hydrogen) atoms. The molecule has 1 aromatic carbocycles. The van der Waals surface area contributed by atoms with Crippen molar-refractivity contribution in [2.45, 2.75) is 38.7 Å². The average Bonchev–Trinajstić information content (AvgIpc) is 2.35. The fraction of sp³-hybridized carbons (Fsp3) is 0.533. The standard InChI is InChI=1S/C15H19F3O4/c1-14(2,3)22-13(20)11(15(16,17)18)12(19)9-5-7-10(21-4)8-6-9/h5-8,11-12,19H,1-4H3/t11-,12-/m0/s1. The van der Waals surface area contributed by atoms with Gasteiger partial charge in [-0.1, -0.05) is 12.1 Å². The Morgan fingerprint density at radius 1 is 1.14 bits per heavy atom. The van der Waals surface area contributed by atoms with Crippen molar-refractivity contribution in [3.63, 3.8) is 0 Å². The Morgan fingerprint density at radius 3 is 2.00 bits per heavy atom. The maximum absolute atomic E-state index is 13.1. The van der Waals surface area contributed by atoms with Gasteiger partial charge in [-0.15, -0.1) is 0 Å². The molecule has 0 spiro atoms. The van der Waals surface area contributed by atoms with Crippen molar-refractivity contribution >= 4 is 5.97 Å². The van der Waals surface area contributed by atoms with Gasteiger partial charge in [-0.2, -0.15) is 13.2 Å². The van der Waals surface area contributed by atoms with Crippen molar-refractivity contribution < 1.29 is 32.5 Å². The number of aliphatic hydroxyl groups excluding tert-OH is 1. The van der Waals surface area contributed by atoms with Crippen LogP contribution in [0.5, 0.6) is 5.75 Å². The number of halogens is 3. The number of ether oxygens (including phenoxy) is 2. The fourth-order valence-corrected chi connectivity index (χ4v) is 1.80. The molecule has 1 rings (SSSR count). The summed E-state index contributed by atoms with van der Waals surface area (Å²) in [7, 11) is 1.41. The molecule has 0 aliphatic carbocycles. The van der Waals surface area contributed by atoms with Crippen LogP contribution in [0.4, 0.5) is 13.2 Å². The summed E-state index contributed by atoms with van der Waals surface area (Å²) in [5, 5.41) is 9.99. The average molecular weight is 320 g/mol. The smallest absolute Gasteiger partial charge is 0.405 e. The number of hydrogen-bond donors (Lipinski definition) is 1. The molecule has 4 nitrogen and oxygen atoms in total. The van der Waals surface area contributed by atoms with Crippen molar-refractivity contribution in [1.82, 2.24) is 0 Å². The van der Waals surface area contributed by atoms with E-state index in [1.165, 1.54) is 52.1 Å². The van der Waals surface area contributed by atoms with Crippen LogP contribution >= 0.6 is 0 Å². The van der Waals surface area contributed by atoms with E-state index in [9.17, 15) is 23.1 Å². The molecule has 124 valence electrons. The maximum atomic E-state index is 13.1. The molecule has 0 aromatic heterocycles. The van der Waals surface area contributed by atoms with Gasteiger partial charge < -0.3 is 14.6 Å². The van der Waals surface area contributed by atoms with Crippen LogP contribution in [0.15, 0.2) is 24.3 Å². The van der Waals surface area contributed by atoms with E-state index in [0.29, 0.717) is 5.75 Å². The highest BCUT2D eigenvalue weighted by molar-refractivity contribution is 5.74. The summed E-state index contributed by atoms with van der Waals surface area (Å²) in [5.41, 5.74) is -1.13. The van der Waals surface area contributed by atoms with Gasteiger partial charge in [0.2, 0.25) is 0 Å². The number of aliphatic hydroxyl groups is 1. The lowest BCUT2D eigenvalue weighted by Crippen LogP contribution is -2.40. The number of esters is 1. The zero-order chi connectivity index (χ0) is 17.1. The molecule has 0 radical (unpaired) electrons. The number of hydrogen-bond acceptors (Lipinski definition) is 4. The summed E-state index contributed by atoms with van der Waals surface area (Å²) in [6.45, 7) is 4.37. The Labute approximate surface area is 126 Å². The highest BCUT2D eigenvalue weighted by Crippen LogP contribution is 2.38. The summed E-state index contributed by atoms with van der Waals surface area (Å²) < 4.78 is 49.1. The molecule has 7 heteroatoms. The van der Waals surface area contributed by atoms with Gasteiger partial charge in [0.25, 0.3) is 0 Å². The molecule has 0 unspecified atom stereocenters. The van der Waals surface area contributed by atoms with Gasteiger partial charge in [-0.25, -0.2) is 0 Å². The van der Waals surface area contributed by atoms with Crippen molar-refractivity contribution in [3.05, 3.63) is 29.8 Å². The minimum atomic E-state index is -4.93. The van der Waals surface area contributed by atoms with E-state index < -0.39 is 29.8 Å². The number of methoxy groups -OCH3 is 1. The molecule has 0 heterocycles. The third-order valence-electron chi connectivity index (χ3n) is 2.79. The molecule has 1 aromatic rings. The second kappa shape index (κ2) is 6.56. The second-order valence-electron chi connectivity index (χ2n) is 5.77. The van der Waals surface area contributed by atoms with Crippen LogP contribution in [0, 0.1) is 5.92 Å². The predicted octanol–water partition coefficient (Wildman–Crippen LogP) is 3.25. The number of carbonyl (C=O) groups is 1. The first-order chi connectivity index (χ1) is 9.95. The van der Waals surface area contributed by atoms with Crippen LogP contribution in [0.1, 0.15) is 32.4 Å². The summed E-state index contributed by atoms with van der Waals surface area (Å²) in [6.07, 6.45) is -6.98. The third-order valence-corrected chi connectivity index (χ3v) is 2.79. The first-order valence-corrected chi connectivity index (χ1v) is 6.57. The number of carbonyl (C=O) groups excluding carboxylic acids is 1. The first-order valence-electron chi connectivity index (χ1n) is 6.57. The Morgan fingerprint density at radius 2 is 1.64 bits per heavy atom. The van der Waals surface area contributed by atoms with Gasteiger partial charge in [-0.3, -0.25) is 4.79 Å². The minimum absolute atomic E-state index is 0.0472. The summed E-state index contributed by atoms with van der Waals surface area (Å²) >= 11 is 0. The Balaban J connectivity index is 3.08. The summed E-state index contributed by atoms with van der Waals surface area (Å²) in [5.74, 6) is -3.74. The van der Waals surface area contributed by atoms with Crippen LogP contribution in [0.2, 0.25) is 0 Å². The van der Waals surface area contributed by atoms with Crippen LogP contribution in [0.25, 0.3) is 0 Å². The van der Waals surface area contributed by atoms with E-state index in [-0.39, 0.29) is 5.56 Å². The molecule has 0 saturated carbocycles. The highest BCUT2D eigenvalue weighted by atomic mass is 19.4. The van der Waals surface area contributed by atoms with Crippen LogP contribution in [-0.2, 0) is 9.53 Å². The molecular formula is C15H19F3O4. The lowest BCUT2D eigenvalue weighted by atomic mass is 9.94. The summed E-state index contributed by atoms with van der Waals surface area (Å²) in [6, 6.07) is 5.35. The lowest BCUT2D eigenvalue weighted by molar-refractivity contribution is -0.221. The van der Waals surface area contributed by atoms with Gasteiger partial charge in [0, 0.05) is 0 Å². The Hall–Kier alpha value is -1.76. The highest BCUT2D eigenvalue weighted by Gasteiger charge is 2.51. The molecule has 0 fully saturated rings. The third kappa shape index (κ3) is 4.91. The largest absolute Gasteiger partial charge is 0.497 e. The van der Waals surface area contributed by atoms with Crippen LogP contribution in [0.3, 0.4) is 0 Å². The molecular weight excluding hydrogens is 301 g/mol. The summed E-state index contributed by atoms with van der Waals surface area (Å²) in [4.78, 5) is 11.8. The SMILES string of the molecule is COc1ccc([C@H](O)[C@@H](C(=O)OC(C)(C)C)C(F)(F)F)cc1. The van der Waals surface area contributed by atoms with Gasteiger partial charge in [0.15, 0.2) is 5.92 Å². The van der Waals surface area contributed by atoms with E-state index >= 15 is 0 Å². The zero-order valence-electron chi connectivity index (χ0n) is 12.8. The molecule has 0 amide bonds. The van der Waals surface area contributed by atoms with Crippen LogP contribution in [-0.4, -0.2) is 30.0 Å². The normalized spacial score (nSPS) is 15.1. The first kappa shape index (κ1) is 18.3. The Bertz CT molecular complexity index is 503. The van der Waals surface area contributed by atoms with E-state index in [2.05, 4.69) is 0 Å². The number of benzene rings is 1. The van der Waals surface area contributed by atoms with E-state index in [1.54, 1.807) is 0 Å². The molecule has 1 N–H and O–H groups in total. The second-order valence-corrected chi connectivity index (χ2v) is 5.77. The van der Waals surface area contributed by atoms with Gasteiger partial charge in [-0.05, 0) is 38.5 Å². The monoisotopic (exact) mass is 320 g/mol. The predicted molar refractivity (Wildman–Crippen MR) is 73.3 cm³/mol. The number of alkyl halides is 3. The molecule has 0 aliphatic heterocycles. The topological polar surface area (TPSA) is 55.8 Å². The number of rotatable bonds is 4. The Kier molecular flexibility index (Phi) is 5.45. The van der Waals surface area contributed by atoms with E-state index in [4.69, 9.17) is 9.47 Å². The molecule has 0 aliphatic rings. The molecule has 0 saturated heterocycles. The lowest BCUT2D eigenvalue weighted by Gasteiger charge is -2.28. The van der Waals surface area contributed by atoms with Gasteiger partial charge in [0.1, 0.15) is 17.5 Å². The van der Waals surface area contributed by atoms with Crippen LogP contribution < -0.4 is 4.74 Å². The van der Waals surface area contributed by atoms with E-state index in [0.717, 1.165) is 0 Å². The maximum Gasteiger partial charge on any atom is 0.405 e. The van der Waals surface area contributed by atoms with E-state index in [1.807, 2.05) is 0 Å². The van der Waals surface area contributed by atoms with Crippen molar-refractivity contribution in [1.29, 1.82) is 0 Å².